The number of carbonyl (C=O) groups excluding carboxylic acids is 2. The van der Waals surface area contributed by atoms with Crippen molar-refractivity contribution in [3.8, 4) is 11.5 Å². The molecule has 0 unspecified atom stereocenters. The highest BCUT2D eigenvalue weighted by atomic mass is 35.5. The predicted molar refractivity (Wildman–Crippen MR) is 140 cm³/mol. The van der Waals surface area contributed by atoms with Crippen molar-refractivity contribution in [2.24, 2.45) is 5.10 Å². The lowest BCUT2D eigenvalue weighted by molar-refractivity contribution is 0.0734. The Bertz CT molecular complexity index is 1350. The summed E-state index contributed by atoms with van der Waals surface area (Å²) in [5.74, 6) is 0.288. The van der Waals surface area contributed by atoms with E-state index in [1.165, 1.54) is 17.6 Å². The first-order valence-electron chi connectivity index (χ1n) is 11.1. The third-order valence-electron chi connectivity index (χ3n) is 5.07. The number of unbranched alkanes of at least 4 members (excludes halogenated alkanes) is 1. The van der Waals surface area contributed by atoms with Crippen LogP contribution in [0.3, 0.4) is 0 Å². The summed E-state index contributed by atoms with van der Waals surface area (Å²) in [5.41, 5.74) is 3.65. The molecule has 0 saturated heterocycles. The van der Waals surface area contributed by atoms with Gasteiger partial charge < -0.3 is 9.47 Å². The van der Waals surface area contributed by atoms with Crippen molar-refractivity contribution in [1.29, 1.82) is 0 Å². The number of nitrogens with one attached hydrogen (secondary N) is 1. The zero-order chi connectivity index (χ0) is 24.6. The number of thiophene rings is 1. The maximum Gasteiger partial charge on any atom is 0.343 e. The lowest BCUT2D eigenvalue weighted by Gasteiger charge is -2.07. The molecule has 3 aromatic carbocycles. The number of carbonyl (C=O) groups is 2. The van der Waals surface area contributed by atoms with Gasteiger partial charge in [0, 0.05) is 10.1 Å². The Morgan fingerprint density at radius 3 is 2.43 bits per heavy atom. The number of hydrogen-bond acceptors (Lipinski definition) is 6. The van der Waals surface area contributed by atoms with Gasteiger partial charge in [-0.05, 0) is 66.6 Å². The Balaban J connectivity index is 1.31. The van der Waals surface area contributed by atoms with Crippen LogP contribution in [0.25, 0.3) is 10.1 Å². The number of fused-ring (bicyclic) bond motifs is 1. The molecule has 0 spiro atoms. The second-order valence-electron chi connectivity index (χ2n) is 7.63. The van der Waals surface area contributed by atoms with Gasteiger partial charge >= 0.3 is 5.97 Å². The van der Waals surface area contributed by atoms with Crippen molar-refractivity contribution in [2.75, 3.05) is 6.61 Å². The van der Waals surface area contributed by atoms with Crippen molar-refractivity contribution in [3.63, 3.8) is 0 Å². The summed E-state index contributed by atoms with van der Waals surface area (Å²) in [5, 5.41) is 5.27. The third kappa shape index (κ3) is 6.26. The first kappa shape index (κ1) is 24.4. The summed E-state index contributed by atoms with van der Waals surface area (Å²) in [4.78, 5) is 25.3. The fourth-order valence-electron chi connectivity index (χ4n) is 3.19. The topological polar surface area (TPSA) is 77.0 Å². The summed E-state index contributed by atoms with van der Waals surface area (Å²) >= 11 is 7.65. The summed E-state index contributed by atoms with van der Waals surface area (Å²) in [6.45, 7) is 2.75. The van der Waals surface area contributed by atoms with Gasteiger partial charge in [0.05, 0.1) is 23.4 Å². The molecule has 0 bridgehead atoms. The molecule has 178 valence electrons. The third-order valence-corrected chi connectivity index (χ3v) is 6.74. The Hall–Kier alpha value is -3.68. The fourth-order valence-corrected chi connectivity index (χ4v) is 4.59. The summed E-state index contributed by atoms with van der Waals surface area (Å²) in [6.07, 6.45) is 3.55. The van der Waals surface area contributed by atoms with Gasteiger partial charge in [0.1, 0.15) is 16.4 Å². The number of esters is 1. The lowest BCUT2D eigenvalue weighted by Crippen LogP contribution is -2.16. The Labute approximate surface area is 212 Å². The zero-order valence-corrected chi connectivity index (χ0v) is 20.6. The first-order valence-corrected chi connectivity index (χ1v) is 12.3. The lowest BCUT2D eigenvalue weighted by atomic mass is 10.2. The molecule has 1 heterocycles. The van der Waals surface area contributed by atoms with Crippen molar-refractivity contribution >= 4 is 51.1 Å². The summed E-state index contributed by atoms with van der Waals surface area (Å²) in [6, 6.07) is 21.2. The van der Waals surface area contributed by atoms with Crippen LogP contribution in [-0.4, -0.2) is 24.7 Å². The molecule has 35 heavy (non-hydrogen) atoms. The molecule has 4 rings (SSSR count). The number of halogens is 1. The van der Waals surface area contributed by atoms with E-state index in [2.05, 4.69) is 17.5 Å². The van der Waals surface area contributed by atoms with E-state index >= 15 is 0 Å². The van der Waals surface area contributed by atoms with E-state index in [1.54, 1.807) is 48.5 Å². The van der Waals surface area contributed by atoms with E-state index in [0.717, 1.165) is 34.2 Å². The van der Waals surface area contributed by atoms with Crippen LogP contribution in [0.2, 0.25) is 5.02 Å². The van der Waals surface area contributed by atoms with Crippen LogP contribution in [0.15, 0.2) is 77.9 Å². The smallest absolute Gasteiger partial charge is 0.343 e. The van der Waals surface area contributed by atoms with Gasteiger partial charge in [0.15, 0.2) is 0 Å². The molecule has 0 atom stereocenters. The van der Waals surface area contributed by atoms with Gasteiger partial charge in [-0.25, -0.2) is 10.2 Å². The second-order valence-corrected chi connectivity index (χ2v) is 9.06. The van der Waals surface area contributed by atoms with Gasteiger partial charge in [-0.15, -0.1) is 11.3 Å². The van der Waals surface area contributed by atoms with Crippen LogP contribution >= 0.6 is 22.9 Å². The van der Waals surface area contributed by atoms with E-state index < -0.39 is 5.97 Å². The number of hydrazone groups is 1. The summed E-state index contributed by atoms with van der Waals surface area (Å²) in [7, 11) is 0. The molecule has 0 aliphatic rings. The number of hydrogen-bond donors (Lipinski definition) is 1. The number of ether oxygens (including phenoxy) is 2. The molecular formula is C27H23ClN2O4S. The van der Waals surface area contributed by atoms with Crippen LogP contribution in [0.5, 0.6) is 11.5 Å². The van der Waals surface area contributed by atoms with Crippen molar-refractivity contribution in [2.45, 2.75) is 19.8 Å². The van der Waals surface area contributed by atoms with Gasteiger partial charge in [0.2, 0.25) is 0 Å². The molecular weight excluding hydrogens is 484 g/mol. The molecule has 0 saturated carbocycles. The van der Waals surface area contributed by atoms with E-state index in [1.807, 2.05) is 24.3 Å². The number of rotatable bonds is 9. The Kier molecular flexibility index (Phi) is 8.13. The predicted octanol–water partition coefficient (Wildman–Crippen LogP) is 6.72. The maximum absolute atomic E-state index is 12.5. The van der Waals surface area contributed by atoms with Gasteiger partial charge in [-0.1, -0.05) is 43.1 Å². The standard InChI is InChI=1S/C27H23ClN2O4S/c1-2-3-16-33-20-14-10-19(11-15-20)27(32)34-21-12-8-18(9-13-21)17-29-30-26(31)25-24(28)22-6-4-5-7-23(22)35-25/h4-15,17H,2-3,16H2,1H3,(H,30,31)/b29-17-. The van der Waals surface area contributed by atoms with Crippen LogP contribution < -0.4 is 14.9 Å². The van der Waals surface area contributed by atoms with Crippen LogP contribution in [0.1, 0.15) is 45.4 Å². The molecule has 4 aromatic rings. The van der Waals surface area contributed by atoms with E-state index in [9.17, 15) is 9.59 Å². The molecule has 0 radical (unpaired) electrons. The first-order chi connectivity index (χ1) is 17.0. The van der Waals surface area contributed by atoms with Crippen LogP contribution in [-0.2, 0) is 0 Å². The average Bonchev–Trinajstić information content (AvgIpc) is 3.22. The molecule has 1 aromatic heterocycles. The van der Waals surface area contributed by atoms with Gasteiger partial charge in [-0.3, -0.25) is 4.79 Å². The highest BCUT2D eigenvalue weighted by Gasteiger charge is 2.16. The van der Waals surface area contributed by atoms with E-state index in [0.29, 0.717) is 27.8 Å². The monoisotopic (exact) mass is 506 g/mol. The molecule has 0 fully saturated rings. The quantitative estimate of drug-likeness (QED) is 0.0898. The van der Waals surface area contributed by atoms with Crippen molar-refractivity contribution in [1.82, 2.24) is 5.43 Å². The Morgan fingerprint density at radius 2 is 1.71 bits per heavy atom. The van der Waals surface area contributed by atoms with E-state index in [-0.39, 0.29) is 5.91 Å². The SMILES string of the molecule is CCCCOc1ccc(C(=O)Oc2ccc(/C=N\NC(=O)c3sc4ccccc4c3Cl)cc2)cc1. The largest absolute Gasteiger partial charge is 0.494 e. The van der Waals surface area contributed by atoms with Gasteiger partial charge in [-0.2, -0.15) is 5.10 Å². The molecule has 0 aliphatic carbocycles. The van der Waals surface area contributed by atoms with Crippen molar-refractivity contribution in [3.05, 3.63) is 93.8 Å². The van der Waals surface area contributed by atoms with Crippen molar-refractivity contribution < 1.29 is 19.1 Å². The molecule has 0 aliphatic heterocycles. The summed E-state index contributed by atoms with van der Waals surface area (Å²) < 4.78 is 12.0. The number of nitrogens with zero attached hydrogens (tertiary/aromatic N) is 1. The fraction of sp³-hybridized carbons (Fsp3) is 0.148. The highest BCUT2D eigenvalue weighted by Crippen LogP contribution is 2.34. The second kappa shape index (κ2) is 11.6. The zero-order valence-electron chi connectivity index (χ0n) is 19.0. The normalized spacial score (nSPS) is 11.0. The molecule has 1 amide bonds. The van der Waals surface area contributed by atoms with Gasteiger partial charge in [0.25, 0.3) is 5.91 Å². The highest BCUT2D eigenvalue weighted by molar-refractivity contribution is 7.21. The Morgan fingerprint density at radius 1 is 1.00 bits per heavy atom. The molecule has 1 N–H and O–H groups in total. The molecule has 8 heteroatoms. The number of amides is 1. The average molecular weight is 507 g/mol. The minimum atomic E-state index is -0.459. The minimum absolute atomic E-state index is 0.375. The molecule has 6 nitrogen and oxygen atoms in total. The number of benzene rings is 3. The maximum atomic E-state index is 12.5. The van der Waals surface area contributed by atoms with E-state index in [4.69, 9.17) is 21.1 Å². The van der Waals surface area contributed by atoms with Crippen LogP contribution in [0, 0.1) is 0 Å². The van der Waals surface area contributed by atoms with Crippen LogP contribution in [0.4, 0.5) is 0 Å². The minimum Gasteiger partial charge on any atom is -0.494 e.